The molecule has 1 aliphatic carbocycles. The first-order chi connectivity index (χ1) is 10.0. The molecule has 0 saturated heterocycles. The van der Waals surface area contributed by atoms with Gasteiger partial charge in [-0.2, -0.15) is 0 Å². The lowest BCUT2D eigenvalue weighted by atomic mass is 9.98. The Bertz CT molecular complexity index is 452. The summed E-state index contributed by atoms with van der Waals surface area (Å²) < 4.78 is 5.05. The number of ether oxygens (including phenoxy) is 1. The SMILES string of the molecule is COCCNCC(C)Cc1c(C)nc(C2CC2C)nc1C. The molecule has 0 bridgehead atoms. The van der Waals surface area contributed by atoms with E-state index < -0.39 is 0 Å². The predicted molar refractivity (Wildman–Crippen MR) is 85.6 cm³/mol. The molecule has 0 aliphatic heterocycles. The van der Waals surface area contributed by atoms with Gasteiger partial charge in [0, 0.05) is 31.0 Å². The van der Waals surface area contributed by atoms with Gasteiger partial charge in [0.05, 0.1) is 6.61 Å². The van der Waals surface area contributed by atoms with Crippen LogP contribution in [0.15, 0.2) is 0 Å². The number of nitrogens with zero attached hydrogens (tertiary/aromatic N) is 2. The normalized spacial score (nSPS) is 22.3. The molecular formula is C17H29N3O. The van der Waals surface area contributed by atoms with Crippen molar-refractivity contribution >= 4 is 0 Å². The summed E-state index contributed by atoms with van der Waals surface area (Å²) in [6.45, 7) is 11.5. The van der Waals surface area contributed by atoms with Gasteiger partial charge in [0.1, 0.15) is 5.82 Å². The molecule has 4 nitrogen and oxygen atoms in total. The van der Waals surface area contributed by atoms with Gasteiger partial charge in [0.2, 0.25) is 0 Å². The first kappa shape index (κ1) is 16.4. The Morgan fingerprint density at radius 3 is 2.43 bits per heavy atom. The molecule has 118 valence electrons. The van der Waals surface area contributed by atoms with Gasteiger partial charge in [-0.05, 0) is 50.6 Å². The highest BCUT2D eigenvalue weighted by Gasteiger charge is 2.37. The van der Waals surface area contributed by atoms with E-state index in [0.29, 0.717) is 11.8 Å². The maximum atomic E-state index is 5.05. The molecule has 4 heteroatoms. The zero-order chi connectivity index (χ0) is 15.4. The molecule has 21 heavy (non-hydrogen) atoms. The molecule has 0 spiro atoms. The van der Waals surface area contributed by atoms with Crippen LogP contribution in [-0.4, -0.2) is 36.8 Å². The number of methoxy groups -OCH3 is 1. The van der Waals surface area contributed by atoms with E-state index >= 15 is 0 Å². The van der Waals surface area contributed by atoms with Crippen molar-refractivity contribution in [3.63, 3.8) is 0 Å². The summed E-state index contributed by atoms with van der Waals surface area (Å²) in [4.78, 5) is 9.52. The van der Waals surface area contributed by atoms with Crippen molar-refractivity contribution in [1.29, 1.82) is 0 Å². The Kier molecular flexibility index (Phi) is 5.71. The molecule has 3 atom stereocenters. The van der Waals surface area contributed by atoms with Gasteiger partial charge >= 0.3 is 0 Å². The van der Waals surface area contributed by atoms with E-state index in [2.05, 4.69) is 33.0 Å². The zero-order valence-corrected chi connectivity index (χ0v) is 14.1. The van der Waals surface area contributed by atoms with Crippen LogP contribution in [0.1, 0.15) is 49.0 Å². The van der Waals surface area contributed by atoms with E-state index in [1.807, 2.05) is 0 Å². The monoisotopic (exact) mass is 291 g/mol. The summed E-state index contributed by atoms with van der Waals surface area (Å²) in [5.41, 5.74) is 3.66. The third kappa shape index (κ3) is 4.48. The maximum absolute atomic E-state index is 5.05. The quantitative estimate of drug-likeness (QED) is 0.748. The first-order valence-corrected chi connectivity index (χ1v) is 8.06. The second kappa shape index (κ2) is 7.32. The number of aromatic nitrogens is 2. The summed E-state index contributed by atoms with van der Waals surface area (Å²) in [6, 6.07) is 0. The molecule has 1 N–H and O–H groups in total. The largest absolute Gasteiger partial charge is 0.383 e. The van der Waals surface area contributed by atoms with Crippen LogP contribution in [0.2, 0.25) is 0 Å². The summed E-state index contributed by atoms with van der Waals surface area (Å²) in [6.07, 6.45) is 2.29. The van der Waals surface area contributed by atoms with Crippen molar-refractivity contribution in [2.24, 2.45) is 11.8 Å². The van der Waals surface area contributed by atoms with E-state index in [1.165, 1.54) is 23.4 Å². The van der Waals surface area contributed by atoms with Crippen LogP contribution in [0.5, 0.6) is 0 Å². The topological polar surface area (TPSA) is 47.0 Å². The molecule has 0 amide bonds. The molecule has 1 heterocycles. The van der Waals surface area contributed by atoms with Crippen molar-refractivity contribution in [3.8, 4) is 0 Å². The maximum Gasteiger partial charge on any atom is 0.132 e. The fourth-order valence-electron chi connectivity index (χ4n) is 2.85. The fourth-order valence-corrected chi connectivity index (χ4v) is 2.85. The van der Waals surface area contributed by atoms with Crippen LogP contribution in [0.4, 0.5) is 0 Å². The molecule has 0 aromatic carbocycles. The molecule has 1 aromatic rings. The van der Waals surface area contributed by atoms with Gasteiger partial charge in [0.25, 0.3) is 0 Å². The smallest absolute Gasteiger partial charge is 0.132 e. The van der Waals surface area contributed by atoms with Crippen LogP contribution in [0, 0.1) is 25.7 Å². The Hall–Kier alpha value is -1.00. The highest BCUT2D eigenvalue weighted by atomic mass is 16.5. The fraction of sp³-hybridized carbons (Fsp3) is 0.765. The minimum absolute atomic E-state index is 0.577. The Labute approximate surface area is 128 Å². The average Bonchev–Trinajstić information content (AvgIpc) is 3.16. The number of hydrogen-bond acceptors (Lipinski definition) is 4. The molecule has 1 aromatic heterocycles. The lowest BCUT2D eigenvalue weighted by Gasteiger charge is -2.16. The highest BCUT2D eigenvalue weighted by molar-refractivity contribution is 5.27. The zero-order valence-electron chi connectivity index (χ0n) is 14.1. The molecular weight excluding hydrogens is 262 g/mol. The van der Waals surface area contributed by atoms with Gasteiger partial charge in [-0.15, -0.1) is 0 Å². The van der Waals surface area contributed by atoms with Crippen LogP contribution in [-0.2, 0) is 11.2 Å². The van der Waals surface area contributed by atoms with Gasteiger partial charge in [-0.1, -0.05) is 13.8 Å². The van der Waals surface area contributed by atoms with Gasteiger partial charge < -0.3 is 10.1 Å². The van der Waals surface area contributed by atoms with Crippen molar-refractivity contribution in [2.75, 3.05) is 26.8 Å². The molecule has 0 radical (unpaired) electrons. The Morgan fingerprint density at radius 1 is 1.29 bits per heavy atom. The lowest BCUT2D eigenvalue weighted by molar-refractivity contribution is 0.198. The number of hydrogen-bond donors (Lipinski definition) is 1. The van der Waals surface area contributed by atoms with Crippen LogP contribution >= 0.6 is 0 Å². The summed E-state index contributed by atoms with van der Waals surface area (Å²) in [5.74, 6) is 3.00. The number of rotatable bonds is 8. The second-order valence-corrected chi connectivity index (χ2v) is 6.56. The van der Waals surface area contributed by atoms with Gasteiger partial charge in [-0.25, -0.2) is 9.97 Å². The molecule has 3 unspecified atom stereocenters. The van der Waals surface area contributed by atoms with Crippen molar-refractivity contribution in [1.82, 2.24) is 15.3 Å². The van der Waals surface area contributed by atoms with Crippen molar-refractivity contribution < 1.29 is 4.74 Å². The predicted octanol–water partition coefficient (Wildman–Crippen LogP) is 2.63. The first-order valence-electron chi connectivity index (χ1n) is 8.06. The third-order valence-electron chi connectivity index (χ3n) is 4.41. The van der Waals surface area contributed by atoms with E-state index in [9.17, 15) is 0 Å². The van der Waals surface area contributed by atoms with Crippen LogP contribution in [0.25, 0.3) is 0 Å². The Morgan fingerprint density at radius 2 is 1.90 bits per heavy atom. The molecule has 1 aliphatic rings. The third-order valence-corrected chi connectivity index (χ3v) is 4.41. The van der Waals surface area contributed by atoms with Crippen LogP contribution < -0.4 is 5.32 Å². The van der Waals surface area contributed by atoms with Gasteiger partial charge in [-0.3, -0.25) is 0 Å². The van der Waals surface area contributed by atoms with Crippen molar-refractivity contribution in [3.05, 3.63) is 22.8 Å². The number of aryl methyl sites for hydroxylation is 2. The van der Waals surface area contributed by atoms with Gasteiger partial charge in [0.15, 0.2) is 0 Å². The summed E-state index contributed by atoms with van der Waals surface area (Å²) in [5, 5.41) is 3.42. The second-order valence-electron chi connectivity index (χ2n) is 6.56. The minimum Gasteiger partial charge on any atom is -0.383 e. The molecule has 1 fully saturated rings. The van der Waals surface area contributed by atoms with E-state index in [4.69, 9.17) is 14.7 Å². The van der Waals surface area contributed by atoms with E-state index in [-0.39, 0.29) is 0 Å². The number of nitrogens with one attached hydrogen (secondary N) is 1. The minimum atomic E-state index is 0.577. The molecule has 2 rings (SSSR count). The lowest BCUT2D eigenvalue weighted by Crippen LogP contribution is -2.26. The highest BCUT2D eigenvalue weighted by Crippen LogP contribution is 2.45. The summed E-state index contributed by atoms with van der Waals surface area (Å²) >= 11 is 0. The average molecular weight is 291 g/mol. The Balaban J connectivity index is 1.93. The van der Waals surface area contributed by atoms with E-state index in [0.717, 1.165) is 37.9 Å². The van der Waals surface area contributed by atoms with Crippen molar-refractivity contribution in [2.45, 2.75) is 46.5 Å². The standard InChI is InChI=1S/C17H29N3O/c1-11(10-18-6-7-21-5)8-16-13(3)19-17(20-14(16)4)15-9-12(15)2/h11-12,15,18H,6-10H2,1-5H3. The van der Waals surface area contributed by atoms with E-state index in [1.54, 1.807) is 7.11 Å². The summed E-state index contributed by atoms with van der Waals surface area (Å²) in [7, 11) is 1.73. The molecule has 1 saturated carbocycles. The van der Waals surface area contributed by atoms with Crippen LogP contribution in [0.3, 0.4) is 0 Å².